The minimum Gasteiger partial charge on any atom is -0.296 e. The SMILES string of the molecule is CCc1cc(CC)c(S(=O)(=O)O)c(CC)c1.O=C1CCC(=O)N1. The lowest BCUT2D eigenvalue weighted by Gasteiger charge is -2.12. The molecule has 1 aromatic carbocycles. The molecule has 1 aliphatic rings. The molecule has 2 rings (SSSR count). The summed E-state index contributed by atoms with van der Waals surface area (Å²) in [5.74, 6) is -0.296. The Morgan fingerprint density at radius 1 is 0.957 bits per heavy atom. The molecule has 0 spiro atoms. The van der Waals surface area contributed by atoms with Gasteiger partial charge in [0.2, 0.25) is 11.8 Å². The Bertz CT molecular complexity index is 655. The second kappa shape index (κ2) is 8.21. The molecule has 1 aliphatic heterocycles. The van der Waals surface area contributed by atoms with Gasteiger partial charge in [-0.25, -0.2) is 0 Å². The quantitative estimate of drug-likeness (QED) is 0.645. The number of rotatable bonds is 4. The van der Waals surface area contributed by atoms with Gasteiger partial charge in [-0.15, -0.1) is 0 Å². The molecule has 2 N–H and O–H groups in total. The maximum absolute atomic E-state index is 11.3. The molecule has 1 heterocycles. The average molecular weight is 341 g/mol. The van der Waals surface area contributed by atoms with Crippen molar-refractivity contribution in [2.24, 2.45) is 0 Å². The van der Waals surface area contributed by atoms with Gasteiger partial charge in [-0.3, -0.25) is 19.5 Å². The topological polar surface area (TPSA) is 101 Å². The van der Waals surface area contributed by atoms with E-state index in [0.717, 1.165) is 12.0 Å². The molecule has 0 radical (unpaired) electrons. The molecular weight excluding hydrogens is 318 g/mol. The van der Waals surface area contributed by atoms with Crippen LogP contribution >= 0.6 is 0 Å². The predicted molar refractivity (Wildman–Crippen MR) is 86.8 cm³/mol. The number of carbonyl (C=O) groups excluding carboxylic acids is 2. The summed E-state index contributed by atoms with van der Waals surface area (Å²) in [7, 11) is -4.11. The maximum atomic E-state index is 11.3. The molecule has 0 bridgehead atoms. The molecule has 0 unspecified atom stereocenters. The van der Waals surface area contributed by atoms with E-state index in [1.54, 1.807) is 0 Å². The molecule has 6 nitrogen and oxygen atoms in total. The molecule has 1 saturated heterocycles. The van der Waals surface area contributed by atoms with E-state index in [4.69, 9.17) is 0 Å². The molecule has 23 heavy (non-hydrogen) atoms. The summed E-state index contributed by atoms with van der Waals surface area (Å²) in [6, 6.07) is 3.73. The van der Waals surface area contributed by atoms with E-state index < -0.39 is 10.1 Å². The summed E-state index contributed by atoms with van der Waals surface area (Å²) in [5, 5.41) is 2.14. The fourth-order valence-electron chi connectivity index (χ4n) is 2.39. The molecule has 0 aliphatic carbocycles. The molecule has 0 saturated carbocycles. The van der Waals surface area contributed by atoms with Crippen LogP contribution in [0.1, 0.15) is 50.3 Å². The van der Waals surface area contributed by atoms with Crippen molar-refractivity contribution >= 4 is 21.9 Å². The van der Waals surface area contributed by atoms with Crippen molar-refractivity contribution in [2.75, 3.05) is 0 Å². The van der Waals surface area contributed by atoms with Gasteiger partial charge in [0, 0.05) is 12.8 Å². The van der Waals surface area contributed by atoms with E-state index in [1.165, 1.54) is 0 Å². The van der Waals surface area contributed by atoms with Crippen LogP contribution in [0.25, 0.3) is 0 Å². The van der Waals surface area contributed by atoms with Gasteiger partial charge in [-0.2, -0.15) is 8.42 Å². The second-order valence-electron chi connectivity index (χ2n) is 5.25. The van der Waals surface area contributed by atoms with Crippen molar-refractivity contribution in [3.63, 3.8) is 0 Å². The molecule has 1 aromatic rings. The summed E-state index contributed by atoms with van der Waals surface area (Å²) in [5.41, 5.74) is 2.53. The summed E-state index contributed by atoms with van der Waals surface area (Å²) in [6.45, 7) is 5.81. The first-order valence-corrected chi connectivity index (χ1v) is 9.11. The number of aryl methyl sites for hydroxylation is 3. The highest BCUT2D eigenvalue weighted by molar-refractivity contribution is 7.86. The van der Waals surface area contributed by atoms with Crippen LogP contribution in [0.3, 0.4) is 0 Å². The summed E-state index contributed by atoms with van der Waals surface area (Å²) < 4.78 is 31.9. The third-order valence-corrected chi connectivity index (χ3v) is 4.63. The Kier molecular flexibility index (Phi) is 6.90. The fraction of sp³-hybridized carbons (Fsp3) is 0.500. The van der Waals surface area contributed by atoms with Gasteiger partial charge in [0.25, 0.3) is 10.1 Å². The van der Waals surface area contributed by atoms with E-state index >= 15 is 0 Å². The Balaban J connectivity index is 0.000000313. The van der Waals surface area contributed by atoms with Gasteiger partial charge < -0.3 is 0 Å². The molecule has 2 amide bonds. The molecule has 1 fully saturated rings. The van der Waals surface area contributed by atoms with Crippen LogP contribution < -0.4 is 5.32 Å². The van der Waals surface area contributed by atoms with Crippen LogP contribution in [0.4, 0.5) is 0 Å². The lowest BCUT2D eigenvalue weighted by Crippen LogP contribution is -2.18. The van der Waals surface area contributed by atoms with Crippen LogP contribution in [0.15, 0.2) is 17.0 Å². The van der Waals surface area contributed by atoms with Gasteiger partial charge >= 0.3 is 0 Å². The lowest BCUT2D eigenvalue weighted by molar-refractivity contribution is -0.124. The molecule has 0 atom stereocenters. The van der Waals surface area contributed by atoms with Crippen molar-refractivity contribution < 1.29 is 22.6 Å². The van der Waals surface area contributed by atoms with E-state index in [-0.39, 0.29) is 16.7 Å². The van der Waals surface area contributed by atoms with Gasteiger partial charge in [0.05, 0.1) is 0 Å². The minimum atomic E-state index is -4.11. The Hall–Kier alpha value is -1.73. The standard InChI is InChI=1S/C12H18O3S.C4H5NO2/c1-4-9-7-10(5-2)12(16(13,14)15)11(6-3)8-9;6-3-1-2-4(7)5-3/h7-8H,4-6H2,1-3H3,(H,13,14,15);1-2H2,(H,5,6,7). The van der Waals surface area contributed by atoms with E-state index in [2.05, 4.69) is 5.32 Å². The number of amides is 2. The minimum absolute atomic E-state index is 0.106. The number of benzene rings is 1. The maximum Gasteiger partial charge on any atom is 0.295 e. The van der Waals surface area contributed by atoms with E-state index in [9.17, 15) is 22.6 Å². The Morgan fingerprint density at radius 2 is 1.39 bits per heavy atom. The number of hydrogen-bond acceptors (Lipinski definition) is 4. The Labute approximate surface area is 137 Å². The monoisotopic (exact) mass is 341 g/mol. The van der Waals surface area contributed by atoms with E-state index in [0.29, 0.717) is 36.8 Å². The van der Waals surface area contributed by atoms with Crippen LogP contribution in [-0.4, -0.2) is 24.8 Å². The van der Waals surface area contributed by atoms with Crippen LogP contribution in [0, 0.1) is 0 Å². The van der Waals surface area contributed by atoms with Gasteiger partial charge in [0.15, 0.2) is 0 Å². The summed E-state index contributed by atoms with van der Waals surface area (Å²) in [4.78, 5) is 20.3. The summed E-state index contributed by atoms with van der Waals surface area (Å²) >= 11 is 0. The largest absolute Gasteiger partial charge is 0.296 e. The Morgan fingerprint density at radius 3 is 1.61 bits per heavy atom. The van der Waals surface area contributed by atoms with Gasteiger partial charge in [-0.05, 0) is 36.0 Å². The first kappa shape index (κ1) is 19.3. The van der Waals surface area contributed by atoms with Crippen LogP contribution in [0.5, 0.6) is 0 Å². The van der Waals surface area contributed by atoms with Crippen LogP contribution in [0.2, 0.25) is 0 Å². The van der Waals surface area contributed by atoms with Gasteiger partial charge in [0.1, 0.15) is 4.90 Å². The smallest absolute Gasteiger partial charge is 0.295 e. The highest BCUT2D eigenvalue weighted by atomic mass is 32.2. The third-order valence-electron chi connectivity index (χ3n) is 3.59. The zero-order chi connectivity index (χ0) is 17.6. The van der Waals surface area contributed by atoms with Crippen molar-refractivity contribution in [1.29, 1.82) is 0 Å². The highest BCUT2D eigenvalue weighted by Gasteiger charge is 2.19. The molecule has 128 valence electrons. The summed E-state index contributed by atoms with van der Waals surface area (Å²) in [6.07, 6.45) is 2.83. The third kappa shape index (κ3) is 5.44. The first-order valence-electron chi connectivity index (χ1n) is 7.67. The molecular formula is C16H23NO5S. The molecule has 7 heteroatoms. The normalized spacial score (nSPS) is 14.3. The fourth-order valence-corrected chi connectivity index (χ4v) is 3.46. The van der Waals surface area contributed by atoms with E-state index in [1.807, 2.05) is 32.9 Å². The van der Waals surface area contributed by atoms with Crippen molar-refractivity contribution in [3.05, 3.63) is 28.8 Å². The van der Waals surface area contributed by atoms with Crippen LogP contribution in [-0.2, 0) is 39.0 Å². The lowest BCUT2D eigenvalue weighted by atomic mass is 10.0. The van der Waals surface area contributed by atoms with Crippen molar-refractivity contribution in [2.45, 2.75) is 57.8 Å². The second-order valence-corrected chi connectivity index (χ2v) is 6.61. The number of hydrogen-bond donors (Lipinski definition) is 2. The van der Waals surface area contributed by atoms with Crippen molar-refractivity contribution in [3.8, 4) is 0 Å². The molecule has 0 aromatic heterocycles. The first-order chi connectivity index (χ1) is 10.7. The number of imide groups is 1. The number of nitrogens with one attached hydrogen (secondary N) is 1. The highest BCUT2D eigenvalue weighted by Crippen LogP contribution is 2.24. The zero-order valence-corrected chi connectivity index (χ0v) is 14.5. The number of carbonyl (C=O) groups is 2. The predicted octanol–water partition coefficient (Wildman–Crippen LogP) is 2.04. The van der Waals surface area contributed by atoms with Crippen molar-refractivity contribution in [1.82, 2.24) is 5.32 Å². The zero-order valence-electron chi connectivity index (χ0n) is 13.7. The average Bonchev–Trinajstić information content (AvgIpc) is 2.88. The van der Waals surface area contributed by atoms with Gasteiger partial charge in [-0.1, -0.05) is 32.9 Å².